The standard InChI is InChI=1S/C18H22N2O7/c1-11-7-20(8-12(2)27-11)16(21)9-24-17(22)6-19-18(23)13-3-4-14-15(5-13)26-10-25-14/h3-5,11-12H,6-10H2,1-2H3,(H,19,23)/t11-,12+. The van der Waals surface area contributed by atoms with Crippen molar-refractivity contribution in [1.82, 2.24) is 10.2 Å². The van der Waals surface area contributed by atoms with Gasteiger partial charge in [-0.05, 0) is 32.0 Å². The van der Waals surface area contributed by atoms with Crippen molar-refractivity contribution in [3.05, 3.63) is 23.8 Å². The number of morpholine rings is 1. The van der Waals surface area contributed by atoms with Gasteiger partial charge >= 0.3 is 5.97 Å². The number of rotatable bonds is 5. The number of nitrogens with one attached hydrogen (secondary N) is 1. The summed E-state index contributed by atoms with van der Waals surface area (Å²) in [5.74, 6) is -0.382. The predicted octanol–water partition coefficient (Wildman–Crippen LogP) is 0.324. The second kappa shape index (κ2) is 8.26. The molecule has 1 aromatic rings. The number of benzene rings is 1. The lowest BCUT2D eigenvalue weighted by Gasteiger charge is -2.35. The number of esters is 1. The van der Waals surface area contributed by atoms with Gasteiger partial charge in [0.15, 0.2) is 18.1 Å². The summed E-state index contributed by atoms with van der Waals surface area (Å²) in [6.07, 6.45) is -0.121. The van der Waals surface area contributed by atoms with Gasteiger partial charge in [0, 0.05) is 18.7 Å². The van der Waals surface area contributed by atoms with Crippen LogP contribution in [0.15, 0.2) is 18.2 Å². The van der Waals surface area contributed by atoms with E-state index in [9.17, 15) is 14.4 Å². The largest absolute Gasteiger partial charge is 0.454 e. The first kappa shape index (κ1) is 19.0. The molecule has 1 fully saturated rings. The summed E-state index contributed by atoms with van der Waals surface area (Å²) in [5, 5.41) is 2.45. The first-order valence-electron chi connectivity index (χ1n) is 8.69. The number of carbonyl (C=O) groups excluding carboxylic acids is 3. The van der Waals surface area contributed by atoms with Crippen molar-refractivity contribution in [3.63, 3.8) is 0 Å². The molecule has 0 aliphatic carbocycles. The third kappa shape index (κ3) is 4.88. The zero-order valence-electron chi connectivity index (χ0n) is 15.2. The maximum absolute atomic E-state index is 12.1. The third-order valence-electron chi connectivity index (χ3n) is 4.16. The molecular formula is C18H22N2O7. The quantitative estimate of drug-likeness (QED) is 0.736. The monoisotopic (exact) mass is 378 g/mol. The van der Waals surface area contributed by atoms with Crippen molar-refractivity contribution < 1.29 is 33.3 Å². The molecule has 1 saturated heterocycles. The van der Waals surface area contributed by atoms with Crippen LogP contribution in [-0.2, 0) is 19.1 Å². The molecule has 0 radical (unpaired) electrons. The molecule has 2 aliphatic rings. The zero-order valence-corrected chi connectivity index (χ0v) is 15.2. The highest BCUT2D eigenvalue weighted by atomic mass is 16.7. The van der Waals surface area contributed by atoms with Gasteiger partial charge in [0.05, 0.1) is 12.2 Å². The number of nitrogens with zero attached hydrogens (tertiary/aromatic N) is 1. The Balaban J connectivity index is 1.41. The number of fused-ring (bicyclic) bond motifs is 1. The maximum Gasteiger partial charge on any atom is 0.325 e. The molecule has 9 heteroatoms. The van der Waals surface area contributed by atoms with Gasteiger partial charge in [-0.25, -0.2) is 0 Å². The summed E-state index contributed by atoms with van der Waals surface area (Å²) >= 11 is 0. The van der Waals surface area contributed by atoms with Crippen LogP contribution in [-0.4, -0.2) is 67.9 Å². The van der Waals surface area contributed by atoms with Gasteiger partial charge in [-0.3, -0.25) is 14.4 Å². The van der Waals surface area contributed by atoms with Crippen LogP contribution in [0.25, 0.3) is 0 Å². The number of carbonyl (C=O) groups is 3. The van der Waals surface area contributed by atoms with Crippen LogP contribution < -0.4 is 14.8 Å². The Morgan fingerprint density at radius 2 is 1.85 bits per heavy atom. The van der Waals surface area contributed by atoms with Crippen LogP contribution >= 0.6 is 0 Å². The summed E-state index contributed by atoms with van der Waals surface area (Å²) < 4.78 is 20.9. The molecule has 9 nitrogen and oxygen atoms in total. The molecule has 2 heterocycles. The van der Waals surface area contributed by atoms with Crippen molar-refractivity contribution in [3.8, 4) is 11.5 Å². The van der Waals surface area contributed by atoms with Crippen LogP contribution in [0.4, 0.5) is 0 Å². The van der Waals surface area contributed by atoms with E-state index in [0.717, 1.165) is 0 Å². The topological polar surface area (TPSA) is 103 Å². The van der Waals surface area contributed by atoms with E-state index < -0.39 is 11.9 Å². The Labute approximate surface area is 156 Å². The molecule has 0 unspecified atom stereocenters. The van der Waals surface area contributed by atoms with E-state index in [1.807, 2.05) is 13.8 Å². The lowest BCUT2D eigenvalue weighted by Crippen LogP contribution is -2.49. The lowest BCUT2D eigenvalue weighted by atomic mass is 10.2. The first-order valence-corrected chi connectivity index (χ1v) is 8.69. The van der Waals surface area contributed by atoms with Crippen LogP contribution in [0.3, 0.4) is 0 Å². The van der Waals surface area contributed by atoms with Crippen molar-refractivity contribution in [2.24, 2.45) is 0 Å². The number of amides is 2. The maximum atomic E-state index is 12.1. The minimum Gasteiger partial charge on any atom is -0.454 e. The van der Waals surface area contributed by atoms with Gasteiger partial charge in [0.2, 0.25) is 6.79 Å². The van der Waals surface area contributed by atoms with Crippen LogP contribution in [0, 0.1) is 0 Å². The molecule has 146 valence electrons. The Hall–Kier alpha value is -2.81. The number of hydrogen-bond acceptors (Lipinski definition) is 7. The summed E-state index contributed by atoms with van der Waals surface area (Å²) in [6, 6.07) is 4.73. The highest BCUT2D eigenvalue weighted by molar-refractivity contribution is 5.96. The van der Waals surface area contributed by atoms with Gasteiger partial charge < -0.3 is 29.2 Å². The van der Waals surface area contributed by atoms with E-state index in [1.165, 1.54) is 6.07 Å². The average molecular weight is 378 g/mol. The van der Waals surface area contributed by atoms with Crippen LogP contribution in [0.5, 0.6) is 11.5 Å². The second-order valence-corrected chi connectivity index (χ2v) is 6.47. The van der Waals surface area contributed by atoms with Crippen LogP contribution in [0.1, 0.15) is 24.2 Å². The van der Waals surface area contributed by atoms with Crippen molar-refractivity contribution in [1.29, 1.82) is 0 Å². The highest BCUT2D eigenvalue weighted by Gasteiger charge is 2.26. The molecule has 2 amide bonds. The van der Waals surface area contributed by atoms with Gasteiger partial charge in [0.25, 0.3) is 11.8 Å². The van der Waals surface area contributed by atoms with Crippen molar-refractivity contribution in [2.75, 3.05) is 33.0 Å². The first-order chi connectivity index (χ1) is 12.9. The smallest absolute Gasteiger partial charge is 0.325 e. The van der Waals surface area contributed by atoms with E-state index >= 15 is 0 Å². The van der Waals surface area contributed by atoms with E-state index in [-0.39, 0.29) is 38.1 Å². The van der Waals surface area contributed by atoms with Gasteiger partial charge in [-0.2, -0.15) is 0 Å². The molecule has 0 bridgehead atoms. The van der Waals surface area contributed by atoms with E-state index in [1.54, 1.807) is 17.0 Å². The Kier molecular flexibility index (Phi) is 5.80. The van der Waals surface area contributed by atoms with Crippen molar-refractivity contribution in [2.45, 2.75) is 26.1 Å². The van der Waals surface area contributed by atoms with Gasteiger partial charge in [0.1, 0.15) is 6.54 Å². The predicted molar refractivity (Wildman–Crippen MR) is 92.4 cm³/mol. The fraction of sp³-hybridized carbons (Fsp3) is 0.500. The van der Waals surface area contributed by atoms with E-state index in [2.05, 4.69) is 5.32 Å². The molecule has 2 aliphatic heterocycles. The minimum atomic E-state index is -0.688. The molecule has 1 aromatic carbocycles. The summed E-state index contributed by atoms with van der Waals surface area (Å²) in [6.45, 7) is 4.10. The molecule has 1 N–H and O–H groups in total. The summed E-state index contributed by atoms with van der Waals surface area (Å²) in [4.78, 5) is 37.7. The van der Waals surface area contributed by atoms with Gasteiger partial charge in [-0.1, -0.05) is 0 Å². The molecule has 0 spiro atoms. The van der Waals surface area contributed by atoms with Crippen LogP contribution in [0.2, 0.25) is 0 Å². The second-order valence-electron chi connectivity index (χ2n) is 6.47. The molecule has 0 saturated carbocycles. The summed E-state index contributed by atoms with van der Waals surface area (Å²) in [7, 11) is 0. The molecule has 2 atom stereocenters. The normalized spacial score (nSPS) is 20.9. The summed E-state index contributed by atoms with van der Waals surface area (Å²) in [5.41, 5.74) is 0.333. The number of hydrogen-bond donors (Lipinski definition) is 1. The molecule has 27 heavy (non-hydrogen) atoms. The fourth-order valence-corrected chi connectivity index (χ4v) is 2.96. The Bertz CT molecular complexity index is 726. The molecular weight excluding hydrogens is 356 g/mol. The molecule has 0 aromatic heterocycles. The van der Waals surface area contributed by atoms with Gasteiger partial charge in [-0.15, -0.1) is 0 Å². The van der Waals surface area contributed by atoms with Crippen molar-refractivity contribution >= 4 is 17.8 Å². The van der Waals surface area contributed by atoms with E-state index in [0.29, 0.717) is 30.2 Å². The average Bonchev–Trinajstić information content (AvgIpc) is 3.11. The SMILES string of the molecule is C[C@@H]1CN(C(=O)COC(=O)CNC(=O)c2ccc3c(c2)OCO3)C[C@H](C)O1. The minimum absolute atomic E-state index is 0.0607. The Morgan fingerprint density at radius 3 is 2.59 bits per heavy atom. The zero-order chi connectivity index (χ0) is 19.4. The third-order valence-corrected chi connectivity index (χ3v) is 4.16. The number of ether oxygens (including phenoxy) is 4. The lowest BCUT2D eigenvalue weighted by molar-refractivity contribution is -0.156. The van der Waals surface area contributed by atoms with E-state index in [4.69, 9.17) is 18.9 Å². The molecule has 3 rings (SSSR count). The highest BCUT2D eigenvalue weighted by Crippen LogP contribution is 2.32. The Morgan fingerprint density at radius 1 is 1.15 bits per heavy atom. The fourth-order valence-electron chi connectivity index (χ4n) is 2.96.